The van der Waals surface area contributed by atoms with Gasteiger partial charge in [0.05, 0.1) is 27.9 Å². The predicted octanol–water partition coefficient (Wildman–Crippen LogP) is 7.52. The maximum atomic E-state index is 5.10. The van der Waals surface area contributed by atoms with Gasteiger partial charge in [0.1, 0.15) is 5.65 Å². The van der Waals surface area contributed by atoms with Gasteiger partial charge in [0.15, 0.2) is 0 Å². The second kappa shape index (κ2) is 7.01. The van der Waals surface area contributed by atoms with Gasteiger partial charge in [0.2, 0.25) is 0 Å². The number of rotatable bonds is 2. The Labute approximate surface area is 190 Å². The maximum absolute atomic E-state index is 5.10. The molecule has 0 aliphatic rings. The van der Waals surface area contributed by atoms with Crippen LogP contribution in [-0.4, -0.2) is 14.4 Å². The van der Waals surface area contributed by atoms with Gasteiger partial charge in [0.25, 0.3) is 0 Å². The summed E-state index contributed by atoms with van der Waals surface area (Å²) in [5, 5.41) is 3.63. The summed E-state index contributed by atoms with van der Waals surface area (Å²) in [5.41, 5.74) is 8.34. The second-order valence-electron chi connectivity index (χ2n) is 8.31. The van der Waals surface area contributed by atoms with Gasteiger partial charge in [-0.15, -0.1) is 0 Å². The first kappa shape index (κ1) is 18.1. The standard InChI is InChI=1S/C30H19N3/c1-2-9-20(10-3-1)25-14-8-15-26(31-25)21-17-18-29-27(19-21)32-30-24-13-5-4-11-22(24)23-12-6-7-16-28(23)33(29)30/h1-19H. The number of imidazole rings is 1. The SMILES string of the molecule is c1ccc(-c2cccc(-c3ccc4c(c3)nc3c5ccccc5c5ccccc5n43)n2)cc1. The minimum Gasteiger partial charge on any atom is -0.292 e. The molecule has 0 aliphatic carbocycles. The first-order valence-electron chi connectivity index (χ1n) is 11.1. The zero-order valence-corrected chi connectivity index (χ0v) is 17.8. The summed E-state index contributed by atoms with van der Waals surface area (Å²) in [5.74, 6) is 0. The third kappa shape index (κ3) is 2.76. The van der Waals surface area contributed by atoms with Crippen LogP contribution in [0.3, 0.4) is 0 Å². The average Bonchev–Trinajstić information content (AvgIpc) is 3.29. The zero-order chi connectivity index (χ0) is 21.8. The predicted molar refractivity (Wildman–Crippen MR) is 136 cm³/mol. The fourth-order valence-corrected chi connectivity index (χ4v) is 4.84. The van der Waals surface area contributed by atoms with Crippen LogP contribution in [0, 0.1) is 0 Å². The highest BCUT2D eigenvalue weighted by atomic mass is 15.0. The second-order valence-corrected chi connectivity index (χ2v) is 8.31. The number of nitrogens with zero attached hydrogens (tertiary/aromatic N) is 3. The molecule has 7 rings (SSSR count). The van der Waals surface area contributed by atoms with Crippen molar-refractivity contribution in [1.82, 2.24) is 14.4 Å². The number of hydrogen-bond acceptors (Lipinski definition) is 2. The smallest absolute Gasteiger partial charge is 0.146 e. The number of benzene rings is 4. The fraction of sp³-hybridized carbons (Fsp3) is 0. The van der Waals surface area contributed by atoms with Gasteiger partial charge >= 0.3 is 0 Å². The van der Waals surface area contributed by atoms with Crippen molar-refractivity contribution in [2.75, 3.05) is 0 Å². The van der Waals surface area contributed by atoms with Gasteiger partial charge in [-0.25, -0.2) is 9.97 Å². The third-order valence-electron chi connectivity index (χ3n) is 6.37. The van der Waals surface area contributed by atoms with Crippen LogP contribution < -0.4 is 0 Å². The highest BCUT2D eigenvalue weighted by Gasteiger charge is 2.14. The van der Waals surface area contributed by atoms with E-state index in [-0.39, 0.29) is 0 Å². The summed E-state index contributed by atoms with van der Waals surface area (Å²) in [4.78, 5) is 10.0. The van der Waals surface area contributed by atoms with Crippen LogP contribution in [-0.2, 0) is 0 Å². The molecule has 4 aromatic carbocycles. The lowest BCUT2D eigenvalue weighted by Crippen LogP contribution is -1.91. The summed E-state index contributed by atoms with van der Waals surface area (Å²) in [6.45, 7) is 0. The zero-order valence-electron chi connectivity index (χ0n) is 17.8. The van der Waals surface area contributed by atoms with Gasteiger partial charge in [-0.1, -0.05) is 84.9 Å². The normalized spacial score (nSPS) is 11.6. The first-order valence-corrected chi connectivity index (χ1v) is 11.1. The van der Waals surface area contributed by atoms with E-state index in [1.54, 1.807) is 0 Å². The van der Waals surface area contributed by atoms with E-state index in [0.717, 1.165) is 44.6 Å². The number of pyridine rings is 2. The molecule has 33 heavy (non-hydrogen) atoms. The molecule has 0 amide bonds. The van der Waals surface area contributed by atoms with Crippen molar-refractivity contribution >= 4 is 38.4 Å². The van der Waals surface area contributed by atoms with E-state index in [1.807, 2.05) is 18.2 Å². The van der Waals surface area contributed by atoms with Crippen molar-refractivity contribution in [3.05, 3.63) is 115 Å². The highest BCUT2D eigenvalue weighted by Crippen LogP contribution is 2.33. The molecular formula is C30H19N3. The van der Waals surface area contributed by atoms with Crippen molar-refractivity contribution in [2.24, 2.45) is 0 Å². The minimum absolute atomic E-state index is 0.949. The lowest BCUT2D eigenvalue weighted by Gasteiger charge is -2.08. The molecule has 0 spiro atoms. The monoisotopic (exact) mass is 421 g/mol. The molecular weight excluding hydrogens is 402 g/mol. The van der Waals surface area contributed by atoms with Gasteiger partial charge in [-0.2, -0.15) is 0 Å². The van der Waals surface area contributed by atoms with Crippen LogP contribution in [0.5, 0.6) is 0 Å². The Kier molecular flexibility index (Phi) is 3.84. The lowest BCUT2D eigenvalue weighted by atomic mass is 10.1. The molecule has 3 aromatic heterocycles. The molecule has 0 fully saturated rings. The first-order chi connectivity index (χ1) is 16.4. The van der Waals surface area contributed by atoms with Gasteiger partial charge < -0.3 is 0 Å². The Morgan fingerprint density at radius 3 is 2.00 bits per heavy atom. The summed E-state index contributed by atoms with van der Waals surface area (Å²) >= 11 is 0. The van der Waals surface area contributed by atoms with Crippen molar-refractivity contribution in [3.63, 3.8) is 0 Å². The molecule has 0 N–H and O–H groups in total. The van der Waals surface area contributed by atoms with E-state index in [4.69, 9.17) is 9.97 Å². The molecule has 0 atom stereocenters. The number of aromatic nitrogens is 3. The topological polar surface area (TPSA) is 30.2 Å². The molecule has 7 aromatic rings. The van der Waals surface area contributed by atoms with Crippen LogP contribution in [0.4, 0.5) is 0 Å². The summed E-state index contributed by atoms with van der Waals surface area (Å²) in [7, 11) is 0. The Balaban J connectivity index is 1.49. The van der Waals surface area contributed by atoms with Crippen LogP contribution in [0.1, 0.15) is 0 Å². The van der Waals surface area contributed by atoms with Crippen LogP contribution in [0.2, 0.25) is 0 Å². The number of hydrogen-bond donors (Lipinski definition) is 0. The van der Waals surface area contributed by atoms with Crippen LogP contribution in [0.25, 0.3) is 60.9 Å². The average molecular weight is 422 g/mol. The molecule has 3 nitrogen and oxygen atoms in total. The fourth-order valence-electron chi connectivity index (χ4n) is 4.84. The van der Waals surface area contributed by atoms with E-state index in [2.05, 4.69) is 101 Å². The quantitative estimate of drug-likeness (QED) is 0.270. The molecule has 0 aliphatic heterocycles. The van der Waals surface area contributed by atoms with E-state index in [0.29, 0.717) is 0 Å². The Morgan fingerprint density at radius 2 is 1.15 bits per heavy atom. The molecule has 3 heterocycles. The van der Waals surface area contributed by atoms with E-state index in [1.165, 1.54) is 16.3 Å². The molecule has 0 radical (unpaired) electrons. The Hall–Kier alpha value is -4.50. The van der Waals surface area contributed by atoms with E-state index < -0.39 is 0 Å². The van der Waals surface area contributed by atoms with Gasteiger partial charge in [-0.3, -0.25) is 4.40 Å². The Morgan fingerprint density at radius 1 is 0.455 bits per heavy atom. The van der Waals surface area contributed by atoms with Crippen LogP contribution in [0.15, 0.2) is 115 Å². The molecule has 0 bridgehead atoms. The molecule has 3 heteroatoms. The maximum Gasteiger partial charge on any atom is 0.146 e. The van der Waals surface area contributed by atoms with Crippen molar-refractivity contribution < 1.29 is 0 Å². The van der Waals surface area contributed by atoms with Crippen LogP contribution >= 0.6 is 0 Å². The van der Waals surface area contributed by atoms with Gasteiger partial charge in [-0.05, 0) is 35.7 Å². The third-order valence-corrected chi connectivity index (χ3v) is 6.37. The number of para-hydroxylation sites is 1. The minimum atomic E-state index is 0.949. The molecule has 0 unspecified atom stereocenters. The Bertz CT molecular complexity index is 1810. The summed E-state index contributed by atoms with van der Waals surface area (Å²) in [6, 6.07) is 40.0. The van der Waals surface area contributed by atoms with E-state index in [9.17, 15) is 0 Å². The molecule has 0 saturated heterocycles. The van der Waals surface area contributed by atoms with Crippen molar-refractivity contribution in [1.29, 1.82) is 0 Å². The van der Waals surface area contributed by atoms with E-state index >= 15 is 0 Å². The molecule has 154 valence electrons. The van der Waals surface area contributed by atoms with Gasteiger partial charge in [0, 0.05) is 21.9 Å². The van der Waals surface area contributed by atoms with Crippen molar-refractivity contribution in [2.45, 2.75) is 0 Å². The number of fused-ring (bicyclic) bond motifs is 8. The lowest BCUT2D eigenvalue weighted by molar-refractivity contribution is 1.31. The highest BCUT2D eigenvalue weighted by molar-refractivity contribution is 6.13. The summed E-state index contributed by atoms with van der Waals surface area (Å²) in [6.07, 6.45) is 0. The summed E-state index contributed by atoms with van der Waals surface area (Å²) < 4.78 is 2.28. The largest absolute Gasteiger partial charge is 0.292 e. The van der Waals surface area contributed by atoms with Crippen molar-refractivity contribution in [3.8, 4) is 22.5 Å². The molecule has 0 saturated carbocycles.